The molecule has 0 aromatic carbocycles. The second-order valence-corrected chi connectivity index (χ2v) is 10.4. The molecule has 31 heavy (non-hydrogen) atoms. The van der Waals surface area contributed by atoms with Gasteiger partial charge >= 0.3 is 0 Å². The minimum atomic E-state index is -3.19. The van der Waals surface area contributed by atoms with E-state index in [0.717, 1.165) is 6.42 Å². The van der Waals surface area contributed by atoms with Gasteiger partial charge < -0.3 is 11.1 Å². The molecule has 1 saturated heterocycles. The molecule has 12 nitrogen and oxygen atoms in total. The monoisotopic (exact) mass is 445 g/mol. The maximum atomic E-state index is 12.1. The zero-order valence-electron chi connectivity index (χ0n) is 17.1. The van der Waals surface area contributed by atoms with E-state index in [4.69, 9.17) is 5.73 Å². The van der Waals surface area contributed by atoms with E-state index in [2.05, 4.69) is 38.0 Å². The molecule has 13 heteroatoms. The fraction of sp³-hybridized carbons (Fsp3) is 0.500. The number of carbonyl (C=O) groups is 1. The summed E-state index contributed by atoms with van der Waals surface area (Å²) in [4.78, 5) is 12.1. The Morgan fingerprint density at radius 2 is 2.16 bits per heavy atom. The Kier molecular flexibility index (Phi) is 4.48. The molecule has 4 atom stereocenters. The first-order chi connectivity index (χ1) is 14.7. The van der Waals surface area contributed by atoms with Crippen LogP contribution in [0.15, 0.2) is 18.5 Å². The van der Waals surface area contributed by atoms with Crippen molar-refractivity contribution < 1.29 is 13.2 Å². The molecule has 2 fully saturated rings. The minimum absolute atomic E-state index is 0.0736. The molecule has 164 valence electrons. The van der Waals surface area contributed by atoms with Crippen molar-refractivity contribution >= 4 is 27.1 Å². The number of rotatable bonds is 5. The van der Waals surface area contributed by atoms with Crippen molar-refractivity contribution in [2.24, 2.45) is 23.5 Å². The molecule has 4 heterocycles. The van der Waals surface area contributed by atoms with Crippen LogP contribution in [0.4, 0.5) is 5.69 Å². The molecule has 3 aromatic rings. The van der Waals surface area contributed by atoms with E-state index in [1.165, 1.54) is 12.5 Å². The van der Waals surface area contributed by atoms with Gasteiger partial charge in [-0.3, -0.25) is 4.79 Å². The van der Waals surface area contributed by atoms with E-state index < -0.39 is 15.9 Å². The van der Waals surface area contributed by atoms with Crippen molar-refractivity contribution in [1.82, 2.24) is 34.5 Å². The normalized spacial score (nSPS) is 26.4. The van der Waals surface area contributed by atoms with Crippen LogP contribution in [0.25, 0.3) is 16.9 Å². The Balaban J connectivity index is 1.48. The Morgan fingerprint density at radius 3 is 2.81 bits per heavy atom. The van der Waals surface area contributed by atoms with Crippen LogP contribution in [0.1, 0.15) is 23.7 Å². The van der Waals surface area contributed by atoms with E-state index in [-0.39, 0.29) is 23.8 Å². The summed E-state index contributed by atoms with van der Waals surface area (Å²) in [6, 6.07) is 1.91. The maximum absolute atomic E-state index is 12.1. The van der Waals surface area contributed by atoms with Crippen molar-refractivity contribution in [2.75, 3.05) is 24.7 Å². The van der Waals surface area contributed by atoms with Gasteiger partial charge in [0.1, 0.15) is 0 Å². The van der Waals surface area contributed by atoms with E-state index in [9.17, 15) is 13.2 Å². The van der Waals surface area contributed by atoms with Gasteiger partial charge in [-0.15, -0.1) is 10.2 Å². The van der Waals surface area contributed by atoms with Crippen LogP contribution in [-0.2, 0) is 10.0 Å². The van der Waals surface area contributed by atoms with Crippen molar-refractivity contribution in [3.8, 4) is 11.4 Å². The number of hydrogen-bond donors (Lipinski definition) is 3. The number of primary amides is 1. The van der Waals surface area contributed by atoms with Gasteiger partial charge in [-0.05, 0) is 35.5 Å². The molecule has 1 aliphatic carbocycles. The lowest BCUT2D eigenvalue weighted by molar-refractivity contribution is 0.100. The van der Waals surface area contributed by atoms with Crippen molar-refractivity contribution in [3.05, 3.63) is 24.0 Å². The second-order valence-electron chi connectivity index (χ2n) is 8.44. The lowest BCUT2D eigenvalue weighted by atomic mass is 9.93. The van der Waals surface area contributed by atoms with Crippen LogP contribution >= 0.6 is 0 Å². The molecule has 2 aliphatic rings. The number of aromatic amines is 1. The minimum Gasteiger partial charge on any atom is -0.380 e. The zero-order chi connectivity index (χ0) is 21.9. The molecule has 1 amide bonds. The SMILES string of the molecule is C[C@@H]1C2CN(S(C)(=O)=O)CC2C[C@H]1Nc1c(C(N)=O)cnn2cc(-c3nn[nH]n3)cc12. The van der Waals surface area contributed by atoms with Crippen LogP contribution < -0.4 is 11.1 Å². The average molecular weight is 446 g/mol. The number of hydrogen-bond acceptors (Lipinski definition) is 8. The number of sulfonamides is 1. The summed E-state index contributed by atoms with van der Waals surface area (Å²) in [6.45, 7) is 3.19. The zero-order valence-corrected chi connectivity index (χ0v) is 17.9. The van der Waals surface area contributed by atoms with Gasteiger partial charge in [0.2, 0.25) is 15.8 Å². The van der Waals surface area contributed by atoms with Gasteiger partial charge in [-0.1, -0.05) is 6.92 Å². The van der Waals surface area contributed by atoms with Gasteiger partial charge in [0, 0.05) is 30.9 Å². The Morgan fingerprint density at radius 1 is 1.35 bits per heavy atom. The number of nitrogens with one attached hydrogen (secondary N) is 2. The standard InChI is InChI=1S/C18H23N9O3S/c1-9-13-8-26(31(2,29)30)6-10(13)3-14(9)21-16-12(17(19)28)5-20-27-7-11(4-15(16)27)18-22-24-25-23-18/h4-5,7,9-10,13-14,21H,3,6,8H2,1-2H3,(H2,19,28)(H,22,23,24,25)/t9-,10?,13?,14-/m1/s1. The van der Waals surface area contributed by atoms with E-state index in [1.807, 2.05) is 6.07 Å². The molecule has 3 aromatic heterocycles. The molecule has 0 bridgehead atoms. The highest BCUT2D eigenvalue weighted by atomic mass is 32.2. The first-order valence-corrected chi connectivity index (χ1v) is 11.8. The van der Waals surface area contributed by atoms with Crippen molar-refractivity contribution in [1.29, 1.82) is 0 Å². The topological polar surface area (TPSA) is 164 Å². The fourth-order valence-electron chi connectivity index (χ4n) is 4.99. The van der Waals surface area contributed by atoms with Gasteiger partial charge in [-0.25, -0.2) is 17.2 Å². The highest BCUT2D eigenvalue weighted by Gasteiger charge is 2.48. The van der Waals surface area contributed by atoms with Gasteiger partial charge in [0.15, 0.2) is 0 Å². The summed E-state index contributed by atoms with van der Waals surface area (Å²) in [6.07, 6.45) is 5.27. The molecular formula is C18H23N9O3S. The summed E-state index contributed by atoms with van der Waals surface area (Å²) in [5.74, 6) is 0.607. The molecule has 0 radical (unpaired) electrons. The predicted octanol–water partition coefficient (Wildman–Crippen LogP) is -0.0588. The fourth-order valence-corrected chi connectivity index (χ4v) is 5.89. The summed E-state index contributed by atoms with van der Waals surface area (Å²) >= 11 is 0. The van der Waals surface area contributed by atoms with Crippen molar-refractivity contribution in [3.63, 3.8) is 0 Å². The number of tetrazole rings is 1. The number of nitrogens with two attached hydrogens (primary N) is 1. The summed E-state index contributed by atoms with van der Waals surface area (Å²) < 4.78 is 27.1. The van der Waals surface area contributed by atoms with Crippen LogP contribution in [0.5, 0.6) is 0 Å². The molecular weight excluding hydrogens is 422 g/mol. The lowest BCUT2D eigenvalue weighted by Gasteiger charge is -2.25. The highest BCUT2D eigenvalue weighted by molar-refractivity contribution is 7.88. The van der Waals surface area contributed by atoms with Gasteiger partial charge in [0.25, 0.3) is 5.91 Å². The number of carbonyl (C=O) groups excluding carboxylic acids is 1. The first-order valence-electron chi connectivity index (χ1n) is 9.99. The quantitative estimate of drug-likeness (QED) is 0.491. The van der Waals surface area contributed by atoms with Crippen LogP contribution in [0, 0.1) is 17.8 Å². The third kappa shape index (κ3) is 3.33. The Labute approximate surface area is 178 Å². The molecule has 2 unspecified atom stereocenters. The summed E-state index contributed by atoms with van der Waals surface area (Å²) in [5, 5.41) is 21.8. The third-order valence-corrected chi connectivity index (χ3v) is 7.87. The Hall–Kier alpha value is -3.06. The maximum Gasteiger partial charge on any atom is 0.252 e. The summed E-state index contributed by atoms with van der Waals surface area (Å²) in [7, 11) is -3.19. The smallest absolute Gasteiger partial charge is 0.252 e. The average Bonchev–Trinajstić information content (AvgIpc) is 3.46. The third-order valence-electron chi connectivity index (χ3n) is 6.63. The molecule has 0 spiro atoms. The molecule has 4 N–H and O–H groups in total. The largest absolute Gasteiger partial charge is 0.380 e. The molecule has 5 rings (SSSR count). The van der Waals surface area contributed by atoms with E-state index in [0.29, 0.717) is 41.2 Å². The van der Waals surface area contributed by atoms with Crippen LogP contribution in [0.3, 0.4) is 0 Å². The number of H-pyrrole nitrogens is 1. The Bertz CT molecular complexity index is 1250. The first kappa shape index (κ1) is 19.9. The molecule has 1 saturated carbocycles. The number of fused-ring (bicyclic) bond motifs is 2. The molecule has 1 aliphatic heterocycles. The van der Waals surface area contributed by atoms with E-state index in [1.54, 1.807) is 15.0 Å². The van der Waals surface area contributed by atoms with Crippen LogP contribution in [-0.4, -0.2) is 74.3 Å². The number of amides is 1. The predicted molar refractivity (Wildman–Crippen MR) is 111 cm³/mol. The second kappa shape index (κ2) is 6.99. The van der Waals surface area contributed by atoms with Crippen LogP contribution in [0.2, 0.25) is 0 Å². The van der Waals surface area contributed by atoms with Gasteiger partial charge in [0.05, 0.1) is 29.2 Å². The summed E-state index contributed by atoms with van der Waals surface area (Å²) in [5.41, 5.74) is 7.92. The van der Waals surface area contributed by atoms with Crippen molar-refractivity contribution in [2.45, 2.75) is 19.4 Å². The number of anilines is 1. The highest BCUT2D eigenvalue weighted by Crippen LogP contribution is 2.44. The number of nitrogens with zero attached hydrogens (tertiary/aromatic N) is 6. The van der Waals surface area contributed by atoms with E-state index >= 15 is 0 Å². The van der Waals surface area contributed by atoms with Gasteiger partial charge in [-0.2, -0.15) is 10.3 Å². The number of aromatic nitrogens is 6. The lowest BCUT2D eigenvalue weighted by Crippen LogP contribution is -2.33.